The summed E-state index contributed by atoms with van der Waals surface area (Å²) in [5, 5.41) is 7.45. The molecule has 0 aliphatic heterocycles. The van der Waals surface area contributed by atoms with Crippen LogP contribution >= 0.6 is 0 Å². The molecular weight excluding hydrogens is 659 g/mol. The number of hydrogen-bond donors (Lipinski definition) is 0. The minimum Gasteiger partial charge on any atom is -0.509 e. The molecule has 5 nitrogen and oxygen atoms in total. The summed E-state index contributed by atoms with van der Waals surface area (Å²) in [7, 11) is 0. The molecule has 3 heterocycles. The zero-order valence-corrected chi connectivity index (χ0v) is 28.5. The van der Waals surface area contributed by atoms with Crippen molar-refractivity contribution in [2.24, 2.45) is 0 Å². The fraction of sp³-hybridized carbons (Fsp3) is 0.200. The maximum atomic E-state index is 6.52. The van der Waals surface area contributed by atoms with Gasteiger partial charge < -0.3 is 9.30 Å². The average molecular weight is 695 g/mol. The quantitative estimate of drug-likeness (QED) is 0.123. The first-order valence-corrected chi connectivity index (χ1v) is 15.6. The molecule has 6 heteroatoms. The standard InChI is InChI=1S/C40H36N4O.Pd/c1-25(2)39-38(29-12-8-7-9-13-29)40(26(3)4)44(42-39)30-20-28(6)21-32(23-30)45-31-16-17-34-33-14-10-11-15-35(33)43(36(34)24-31)37-22-27(5)18-19-41-37;/h7-22,25-26H,1-6H3;/q-2;+2. The number of fused-ring (bicyclic) bond motifs is 3. The van der Waals surface area contributed by atoms with Crippen LogP contribution in [0.1, 0.15) is 62.0 Å². The second-order valence-corrected chi connectivity index (χ2v) is 12.4. The van der Waals surface area contributed by atoms with Gasteiger partial charge in [-0.2, -0.15) is 16.7 Å². The topological polar surface area (TPSA) is 44.9 Å². The molecule has 7 aromatic rings. The molecule has 232 valence electrons. The fourth-order valence-electron chi connectivity index (χ4n) is 6.23. The largest absolute Gasteiger partial charge is 2.00 e. The Hall–Kier alpha value is -4.50. The number of benzene rings is 4. The number of rotatable bonds is 7. The monoisotopic (exact) mass is 694 g/mol. The molecule has 0 fully saturated rings. The van der Waals surface area contributed by atoms with Gasteiger partial charge in [-0.05, 0) is 59.2 Å². The maximum absolute atomic E-state index is 6.52. The summed E-state index contributed by atoms with van der Waals surface area (Å²) in [5.74, 6) is 2.59. The van der Waals surface area contributed by atoms with Crippen molar-refractivity contribution in [3.63, 3.8) is 0 Å². The molecule has 0 saturated carbocycles. The van der Waals surface area contributed by atoms with Crippen molar-refractivity contribution in [1.29, 1.82) is 0 Å². The molecule has 0 amide bonds. The molecule has 0 bridgehead atoms. The summed E-state index contributed by atoms with van der Waals surface area (Å²) in [4.78, 5) is 4.70. The van der Waals surface area contributed by atoms with E-state index in [1.54, 1.807) is 0 Å². The van der Waals surface area contributed by atoms with Gasteiger partial charge in [-0.1, -0.05) is 88.7 Å². The third-order valence-corrected chi connectivity index (χ3v) is 8.21. The molecule has 46 heavy (non-hydrogen) atoms. The van der Waals surface area contributed by atoms with Crippen LogP contribution in [-0.4, -0.2) is 19.3 Å². The van der Waals surface area contributed by atoms with Crippen LogP contribution in [0, 0.1) is 26.0 Å². The van der Waals surface area contributed by atoms with Crippen LogP contribution in [0.4, 0.5) is 0 Å². The van der Waals surface area contributed by atoms with E-state index in [-0.39, 0.29) is 32.3 Å². The molecule has 3 aromatic heterocycles. The molecule has 0 aliphatic rings. The van der Waals surface area contributed by atoms with Crippen LogP contribution in [0.3, 0.4) is 0 Å². The Morgan fingerprint density at radius 2 is 1.48 bits per heavy atom. The van der Waals surface area contributed by atoms with E-state index in [4.69, 9.17) is 14.8 Å². The van der Waals surface area contributed by atoms with Gasteiger partial charge in [0.05, 0.1) is 11.4 Å². The third-order valence-electron chi connectivity index (χ3n) is 8.21. The van der Waals surface area contributed by atoms with Crippen LogP contribution < -0.4 is 4.74 Å². The van der Waals surface area contributed by atoms with Crippen LogP contribution in [0.25, 0.3) is 44.4 Å². The van der Waals surface area contributed by atoms with Crippen molar-refractivity contribution < 1.29 is 25.2 Å². The Kier molecular flexibility index (Phi) is 8.70. The number of hydrogen-bond acceptors (Lipinski definition) is 3. The number of nitrogens with zero attached hydrogens (tertiary/aromatic N) is 4. The van der Waals surface area contributed by atoms with Gasteiger partial charge in [0.2, 0.25) is 0 Å². The second-order valence-electron chi connectivity index (χ2n) is 12.4. The van der Waals surface area contributed by atoms with E-state index in [1.165, 1.54) is 16.8 Å². The van der Waals surface area contributed by atoms with E-state index >= 15 is 0 Å². The number of aryl methyl sites for hydroxylation is 2. The smallest absolute Gasteiger partial charge is 0.509 e. The molecule has 0 N–H and O–H groups in total. The van der Waals surface area contributed by atoms with Crippen molar-refractivity contribution >= 4 is 21.8 Å². The third kappa shape index (κ3) is 5.68. The van der Waals surface area contributed by atoms with E-state index in [2.05, 4.69) is 136 Å². The van der Waals surface area contributed by atoms with Crippen LogP contribution in [0.2, 0.25) is 0 Å². The van der Waals surface area contributed by atoms with Crippen LogP contribution in [0.5, 0.6) is 11.5 Å². The van der Waals surface area contributed by atoms with Crippen molar-refractivity contribution in [1.82, 2.24) is 19.3 Å². The molecule has 4 aromatic carbocycles. The molecule has 0 saturated heterocycles. The first-order chi connectivity index (χ1) is 21.8. The minimum absolute atomic E-state index is 0. The molecular formula is C40H36N4OPd. The van der Waals surface area contributed by atoms with E-state index in [1.807, 2.05) is 24.4 Å². The molecule has 0 aliphatic carbocycles. The van der Waals surface area contributed by atoms with Gasteiger partial charge in [0, 0.05) is 28.8 Å². The summed E-state index contributed by atoms with van der Waals surface area (Å²) in [6, 6.07) is 38.4. The average Bonchev–Trinajstić information content (AvgIpc) is 3.58. The van der Waals surface area contributed by atoms with E-state index in [0.29, 0.717) is 11.5 Å². The summed E-state index contributed by atoms with van der Waals surface area (Å²) >= 11 is 0. The summed E-state index contributed by atoms with van der Waals surface area (Å²) in [5.41, 5.74) is 9.71. The van der Waals surface area contributed by atoms with Gasteiger partial charge in [0.1, 0.15) is 5.82 Å². The molecule has 0 radical (unpaired) electrons. The van der Waals surface area contributed by atoms with Crippen LogP contribution in [-0.2, 0) is 20.4 Å². The maximum Gasteiger partial charge on any atom is 2.00 e. The Bertz CT molecular complexity index is 2180. The summed E-state index contributed by atoms with van der Waals surface area (Å²) in [6.45, 7) is 13.0. The molecule has 0 atom stereocenters. The van der Waals surface area contributed by atoms with Crippen molar-refractivity contribution in [3.05, 3.63) is 132 Å². The molecule has 0 spiro atoms. The minimum atomic E-state index is 0. The Morgan fingerprint density at radius 3 is 2.22 bits per heavy atom. The number of para-hydroxylation sites is 1. The Morgan fingerprint density at radius 1 is 0.717 bits per heavy atom. The number of aromatic nitrogens is 4. The van der Waals surface area contributed by atoms with E-state index < -0.39 is 0 Å². The molecule has 0 unspecified atom stereocenters. The molecule has 7 rings (SSSR count). The zero-order valence-electron chi connectivity index (χ0n) is 26.9. The van der Waals surface area contributed by atoms with Crippen molar-refractivity contribution in [2.75, 3.05) is 0 Å². The number of ether oxygens (including phenoxy) is 1. The van der Waals surface area contributed by atoms with Gasteiger partial charge in [0.25, 0.3) is 0 Å². The fourth-order valence-corrected chi connectivity index (χ4v) is 6.23. The van der Waals surface area contributed by atoms with E-state index in [0.717, 1.165) is 50.1 Å². The van der Waals surface area contributed by atoms with Gasteiger partial charge in [0.15, 0.2) is 0 Å². The van der Waals surface area contributed by atoms with Gasteiger partial charge in [-0.15, -0.1) is 35.7 Å². The summed E-state index contributed by atoms with van der Waals surface area (Å²) < 4.78 is 10.7. The number of pyridine rings is 1. The zero-order chi connectivity index (χ0) is 31.2. The Balaban J connectivity index is 0.00000372. The van der Waals surface area contributed by atoms with Crippen molar-refractivity contribution in [2.45, 2.75) is 53.4 Å². The van der Waals surface area contributed by atoms with E-state index in [9.17, 15) is 0 Å². The predicted octanol–water partition coefficient (Wildman–Crippen LogP) is 10.3. The van der Waals surface area contributed by atoms with Gasteiger partial charge in [-0.3, -0.25) is 4.68 Å². The predicted molar refractivity (Wildman–Crippen MR) is 183 cm³/mol. The van der Waals surface area contributed by atoms with Gasteiger partial charge in [-0.25, -0.2) is 4.98 Å². The van der Waals surface area contributed by atoms with Crippen molar-refractivity contribution in [3.8, 4) is 34.1 Å². The van der Waals surface area contributed by atoms with Crippen LogP contribution in [0.15, 0.2) is 97.2 Å². The first kappa shape index (κ1) is 31.5. The summed E-state index contributed by atoms with van der Waals surface area (Å²) in [6.07, 6.45) is 1.85. The van der Waals surface area contributed by atoms with Gasteiger partial charge >= 0.3 is 20.4 Å². The SMILES string of the molecule is Cc1cc(Oc2[c-]c3c(cc2)c2ccccc2n3-c2cc(C)ccn2)[c-]c(-n2nc(C(C)C)c(-c3ccccc3)c2C(C)C)c1.[Pd+2]. The normalized spacial score (nSPS) is 11.5. The first-order valence-electron chi connectivity index (χ1n) is 15.6. The Labute approximate surface area is 284 Å². The second kappa shape index (κ2) is 12.7.